The number of ether oxygens (including phenoxy) is 3. The maximum Gasteiger partial charge on any atom is 0.420 e. The van der Waals surface area contributed by atoms with Gasteiger partial charge in [-0.05, 0) is 49.1 Å². The molecule has 0 saturated heterocycles. The minimum Gasteiger partial charge on any atom is -0.497 e. The maximum absolute atomic E-state index is 15.4. The van der Waals surface area contributed by atoms with Crippen molar-refractivity contribution in [3.8, 4) is 34.5 Å². The van der Waals surface area contributed by atoms with E-state index in [9.17, 15) is 31.5 Å². The van der Waals surface area contributed by atoms with E-state index >= 15 is 8.78 Å². The summed E-state index contributed by atoms with van der Waals surface area (Å²) in [5.41, 5.74) is -5.25. The zero-order valence-corrected chi connectivity index (χ0v) is 23.4. The van der Waals surface area contributed by atoms with E-state index in [1.54, 1.807) is 0 Å². The molecule has 238 valence electrons. The van der Waals surface area contributed by atoms with Gasteiger partial charge in [0.05, 0.1) is 19.3 Å². The first-order chi connectivity index (χ1) is 21.3. The van der Waals surface area contributed by atoms with Crippen LogP contribution in [-0.2, 0) is 13.2 Å². The van der Waals surface area contributed by atoms with Gasteiger partial charge in [-0.3, -0.25) is 14.3 Å². The van der Waals surface area contributed by atoms with Gasteiger partial charge in [0, 0.05) is 30.8 Å². The quantitative estimate of drug-likeness (QED) is 0.208. The van der Waals surface area contributed by atoms with Crippen molar-refractivity contribution in [2.45, 2.75) is 25.6 Å². The van der Waals surface area contributed by atoms with Crippen LogP contribution >= 0.6 is 0 Å². The Balaban J connectivity index is 1.69. The molecule has 0 spiro atoms. The predicted molar refractivity (Wildman–Crippen MR) is 145 cm³/mol. The van der Waals surface area contributed by atoms with Crippen LogP contribution in [0.15, 0.2) is 53.3 Å². The number of amides is 1. The van der Waals surface area contributed by atoms with E-state index in [2.05, 4.69) is 15.0 Å². The highest BCUT2D eigenvalue weighted by Crippen LogP contribution is 2.38. The van der Waals surface area contributed by atoms with Crippen molar-refractivity contribution in [3.63, 3.8) is 0 Å². The Bertz CT molecular complexity index is 1780. The number of nitrogens with one attached hydrogen (secondary N) is 1. The highest BCUT2D eigenvalue weighted by atomic mass is 19.4. The summed E-state index contributed by atoms with van der Waals surface area (Å²) < 4.78 is 114. The molecule has 2 aromatic carbocycles. The third kappa shape index (κ3) is 6.58. The van der Waals surface area contributed by atoms with Gasteiger partial charge < -0.3 is 19.5 Å². The number of alkyl halides is 5. The summed E-state index contributed by atoms with van der Waals surface area (Å²) in [6.45, 7) is -2.97. The van der Waals surface area contributed by atoms with Crippen LogP contribution in [0.2, 0.25) is 0 Å². The molecule has 45 heavy (non-hydrogen) atoms. The number of aromatic nitrogens is 3. The summed E-state index contributed by atoms with van der Waals surface area (Å²) in [7, 11) is 2.19. The first-order valence-corrected chi connectivity index (χ1v) is 13.2. The number of carbonyl (C=O) groups excluding carboxylic acids is 1. The largest absolute Gasteiger partial charge is 0.497 e. The second-order valence-electron chi connectivity index (χ2n) is 9.96. The molecule has 2 aromatic heterocycles. The van der Waals surface area contributed by atoms with Crippen LogP contribution in [-0.4, -0.2) is 40.6 Å². The molecule has 4 aromatic rings. The third-order valence-electron chi connectivity index (χ3n) is 6.85. The van der Waals surface area contributed by atoms with Gasteiger partial charge in [0.1, 0.15) is 40.1 Å². The first-order valence-electron chi connectivity index (χ1n) is 13.2. The predicted octanol–water partition coefficient (Wildman–Crippen LogP) is 6.19. The van der Waals surface area contributed by atoms with Crippen LogP contribution in [0.25, 0.3) is 17.1 Å². The number of hydrogen-bond acceptors (Lipinski definition) is 6. The Hall–Kier alpha value is -5.02. The first kappa shape index (κ1) is 31.4. The molecule has 0 atom stereocenters. The summed E-state index contributed by atoms with van der Waals surface area (Å²) >= 11 is 0. The molecule has 0 bridgehead atoms. The summed E-state index contributed by atoms with van der Waals surface area (Å²) in [6.07, 6.45) is -3.29. The SMILES string of the molecule is COc1cc(F)c(-c2c(NC(=O)c3ccc(OC(F)F)cc3)c(=O)n(-c3nc(OCC4CC4)ccc3C(F)(F)F)n2C)c(F)c1. The van der Waals surface area contributed by atoms with E-state index in [1.807, 2.05) is 0 Å². The number of nitrogens with zero attached hydrogens (tertiary/aromatic N) is 3. The third-order valence-corrected chi connectivity index (χ3v) is 6.85. The van der Waals surface area contributed by atoms with E-state index in [1.165, 1.54) is 0 Å². The van der Waals surface area contributed by atoms with Gasteiger partial charge in [0.25, 0.3) is 11.5 Å². The van der Waals surface area contributed by atoms with E-state index in [-0.39, 0.29) is 35.5 Å². The lowest BCUT2D eigenvalue weighted by molar-refractivity contribution is -0.137. The highest BCUT2D eigenvalue weighted by molar-refractivity contribution is 6.06. The second-order valence-corrected chi connectivity index (χ2v) is 9.96. The minimum absolute atomic E-state index is 0.176. The second kappa shape index (κ2) is 12.2. The molecular formula is C29H23F7N4O5. The average molecular weight is 641 g/mol. The summed E-state index contributed by atoms with van der Waals surface area (Å²) in [4.78, 5) is 30.9. The van der Waals surface area contributed by atoms with Crippen LogP contribution in [0.5, 0.6) is 17.4 Å². The number of rotatable bonds is 10. The molecule has 9 nitrogen and oxygen atoms in total. The molecule has 1 saturated carbocycles. The fourth-order valence-corrected chi connectivity index (χ4v) is 4.49. The van der Waals surface area contributed by atoms with Crippen LogP contribution in [0.4, 0.5) is 36.4 Å². The van der Waals surface area contributed by atoms with Gasteiger partial charge >= 0.3 is 12.8 Å². The van der Waals surface area contributed by atoms with Gasteiger partial charge in [0.15, 0.2) is 5.82 Å². The molecule has 1 fully saturated rings. The van der Waals surface area contributed by atoms with Crippen molar-refractivity contribution >= 4 is 11.6 Å². The Morgan fingerprint density at radius 2 is 1.69 bits per heavy atom. The fourth-order valence-electron chi connectivity index (χ4n) is 4.49. The van der Waals surface area contributed by atoms with Crippen molar-refractivity contribution < 1.29 is 49.7 Å². The van der Waals surface area contributed by atoms with E-state index in [4.69, 9.17) is 9.47 Å². The smallest absolute Gasteiger partial charge is 0.420 e. The number of anilines is 1. The molecule has 0 aliphatic heterocycles. The van der Waals surface area contributed by atoms with Crippen LogP contribution in [0, 0.1) is 17.6 Å². The maximum atomic E-state index is 15.4. The minimum atomic E-state index is -5.04. The van der Waals surface area contributed by atoms with Gasteiger partial charge in [-0.15, -0.1) is 0 Å². The molecule has 1 aliphatic rings. The van der Waals surface area contributed by atoms with Gasteiger partial charge in [-0.1, -0.05) is 0 Å². The molecule has 2 heterocycles. The Morgan fingerprint density at radius 3 is 2.24 bits per heavy atom. The molecule has 16 heteroatoms. The van der Waals surface area contributed by atoms with Crippen LogP contribution in [0.1, 0.15) is 28.8 Å². The monoisotopic (exact) mass is 640 g/mol. The van der Waals surface area contributed by atoms with Crippen molar-refractivity contribution in [1.29, 1.82) is 0 Å². The summed E-state index contributed by atoms with van der Waals surface area (Å²) in [5.74, 6) is -5.14. The van der Waals surface area contributed by atoms with Gasteiger partial charge in [-0.25, -0.2) is 8.78 Å². The summed E-state index contributed by atoms with van der Waals surface area (Å²) in [5, 5.41) is 2.20. The van der Waals surface area contributed by atoms with Gasteiger partial charge in [0.2, 0.25) is 5.88 Å². The molecule has 0 radical (unpaired) electrons. The zero-order valence-electron chi connectivity index (χ0n) is 23.4. The number of carbonyl (C=O) groups is 1. The molecular weight excluding hydrogens is 617 g/mol. The van der Waals surface area contributed by atoms with Crippen molar-refractivity contribution in [3.05, 3.63) is 81.6 Å². The normalized spacial score (nSPS) is 13.2. The molecule has 0 unspecified atom stereocenters. The Morgan fingerprint density at radius 1 is 1.04 bits per heavy atom. The lowest BCUT2D eigenvalue weighted by atomic mass is 10.1. The molecule has 5 rings (SSSR count). The molecule has 1 N–H and O–H groups in total. The number of pyridine rings is 1. The van der Waals surface area contributed by atoms with Gasteiger partial charge in [-0.2, -0.15) is 31.6 Å². The number of halogens is 7. The zero-order chi connectivity index (χ0) is 32.6. The van der Waals surface area contributed by atoms with Crippen LogP contribution < -0.4 is 25.1 Å². The van der Waals surface area contributed by atoms with E-state index in [0.29, 0.717) is 15.4 Å². The number of methoxy groups -OCH3 is 1. The lowest BCUT2D eigenvalue weighted by Gasteiger charge is -2.17. The summed E-state index contributed by atoms with van der Waals surface area (Å²) in [6, 6.07) is 7.37. The van der Waals surface area contributed by atoms with Crippen LogP contribution in [0.3, 0.4) is 0 Å². The number of hydrogen-bond donors (Lipinski definition) is 1. The van der Waals surface area contributed by atoms with Crippen molar-refractivity contribution in [2.75, 3.05) is 19.0 Å². The fraction of sp³-hybridized carbons (Fsp3) is 0.276. The molecule has 1 aliphatic carbocycles. The average Bonchev–Trinajstić information content (AvgIpc) is 3.77. The standard InChI is InChI=1S/C29H23F7N4O5/c1-39-24(22-19(30)11-17(43-2)12-20(22)31)23(38-26(41)15-5-7-16(8-6-15)45-28(32)33)27(42)40(39)25-18(29(34,35)36)9-10-21(37-25)44-13-14-3-4-14/h5-12,14,28H,3-4,13H2,1-2H3,(H,38,41). The van der Waals surface area contributed by atoms with E-state index in [0.717, 1.165) is 69.5 Å². The Kier molecular flexibility index (Phi) is 8.49. The van der Waals surface area contributed by atoms with Crippen molar-refractivity contribution in [2.24, 2.45) is 13.0 Å². The van der Waals surface area contributed by atoms with E-state index < -0.39 is 64.2 Å². The lowest BCUT2D eigenvalue weighted by Crippen LogP contribution is -2.26. The highest BCUT2D eigenvalue weighted by Gasteiger charge is 2.38. The number of benzene rings is 2. The molecule has 1 amide bonds. The Labute approximate surface area is 249 Å². The van der Waals surface area contributed by atoms with Crippen molar-refractivity contribution in [1.82, 2.24) is 14.3 Å². The topological polar surface area (TPSA) is 96.6 Å².